The molecule has 0 aliphatic carbocycles. The third kappa shape index (κ3) is 2.81. The molecule has 0 saturated carbocycles. The Bertz CT molecular complexity index is 525. The van der Waals surface area contributed by atoms with Crippen molar-refractivity contribution in [1.82, 2.24) is 20.0 Å². The highest BCUT2D eigenvalue weighted by Gasteiger charge is 2.21. The van der Waals surface area contributed by atoms with E-state index in [-0.39, 0.29) is 0 Å². The van der Waals surface area contributed by atoms with E-state index in [0.29, 0.717) is 17.8 Å². The molecule has 0 amide bonds. The third-order valence-electron chi connectivity index (χ3n) is 3.64. The summed E-state index contributed by atoms with van der Waals surface area (Å²) in [5.41, 5.74) is 0.754. The maximum atomic E-state index is 5.33. The van der Waals surface area contributed by atoms with Crippen LogP contribution in [0.15, 0.2) is 28.9 Å². The minimum absolute atomic E-state index is 0.570. The highest BCUT2D eigenvalue weighted by atomic mass is 16.5. The van der Waals surface area contributed by atoms with Gasteiger partial charge < -0.3 is 4.52 Å². The quantitative estimate of drug-likeness (QED) is 0.846. The Hall–Kier alpha value is -1.75. The second-order valence-corrected chi connectivity index (χ2v) is 5.04. The molecule has 0 radical (unpaired) electrons. The van der Waals surface area contributed by atoms with Crippen LogP contribution in [0.3, 0.4) is 0 Å². The van der Waals surface area contributed by atoms with Crippen LogP contribution in [-0.2, 0) is 6.54 Å². The topological polar surface area (TPSA) is 55.1 Å². The second-order valence-electron chi connectivity index (χ2n) is 5.04. The van der Waals surface area contributed by atoms with Gasteiger partial charge >= 0.3 is 0 Å². The lowest BCUT2D eigenvalue weighted by Crippen LogP contribution is -2.36. The Kier molecular flexibility index (Phi) is 3.55. The molecule has 100 valence electrons. The lowest BCUT2D eigenvalue weighted by molar-refractivity contribution is 0.135. The van der Waals surface area contributed by atoms with Crippen molar-refractivity contribution in [3.63, 3.8) is 0 Å². The van der Waals surface area contributed by atoms with Gasteiger partial charge in [0.2, 0.25) is 11.7 Å². The zero-order valence-electron chi connectivity index (χ0n) is 11.1. The summed E-state index contributed by atoms with van der Waals surface area (Å²) in [4.78, 5) is 11.1. The van der Waals surface area contributed by atoms with Crippen LogP contribution in [0.4, 0.5) is 0 Å². The lowest BCUT2D eigenvalue weighted by Gasteiger charge is -2.31. The lowest BCUT2D eigenvalue weighted by atomic mass is 10.0. The summed E-state index contributed by atoms with van der Waals surface area (Å²) in [6, 6.07) is 6.28. The minimum Gasteiger partial charge on any atom is -0.337 e. The van der Waals surface area contributed by atoms with Crippen LogP contribution in [0.5, 0.6) is 0 Å². The molecule has 19 heavy (non-hydrogen) atoms. The first-order valence-electron chi connectivity index (χ1n) is 6.81. The van der Waals surface area contributed by atoms with Crippen molar-refractivity contribution in [3.05, 3.63) is 30.3 Å². The van der Waals surface area contributed by atoms with Crippen LogP contribution in [-0.4, -0.2) is 32.6 Å². The first kappa shape index (κ1) is 12.3. The third-order valence-corrected chi connectivity index (χ3v) is 3.64. The number of piperidine rings is 1. The molecule has 1 fully saturated rings. The smallest absolute Gasteiger partial charge is 0.241 e. The van der Waals surface area contributed by atoms with Crippen molar-refractivity contribution in [2.45, 2.75) is 38.8 Å². The largest absolute Gasteiger partial charge is 0.337 e. The molecule has 2 aromatic heterocycles. The number of pyridine rings is 1. The first-order chi connectivity index (χ1) is 9.33. The predicted octanol–water partition coefficient (Wildman–Crippen LogP) is 2.51. The van der Waals surface area contributed by atoms with Crippen LogP contribution in [0.1, 0.15) is 32.1 Å². The maximum absolute atomic E-state index is 5.33. The van der Waals surface area contributed by atoms with Gasteiger partial charge in [-0.3, -0.25) is 9.88 Å². The van der Waals surface area contributed by atoms with E-state index in [1.165, 1.54) is 19.3 Å². The van der Waals surface area contributed by atoms with Gasteiger partial charge in [0.15, 0.2) is 0 Å². The van der Waals surface area contributed by atoms with Crippen molar-refractivity contribution in [2.75, 3.05) is 6.54 Å². The van der Waals surface area contributed by atoms with Crippen LogP contribution < -0.4 is 0 Å². The summed E-state index contributed by atoms with van der Waals surface area (Å²) in [6.07, 6.45) is 5.56. The van der Waals surface area contributed by atoms with Crippen molar-refractivity contribution in [3.8, 4) is 11.5 Å². The molecular formula is C14H18N4O. The zero-order chi connectivity index (χ0) is 13.1. The molecule has 0 spiro atoms. The van der Waals surface area contributed by atoms with Gasteiger partial charge in [0.1, 0.15) is 5.69 Å². The Morgan fingerprint density at radius 3 is 3.11 bits per heavy atom. The van der Waals surface area contributed by atoms with Crippen molar-refractivity contribution in [1.29, 1.82) is 0 Å². The molecule has 1 aliphatic heterocycles. The van der Waals surface area contributed by atoms with E-state index in [2.05, 4.69) is 26.9 Å². The molecule has 1 unspecified atom stereocenters. The number of nitrogens with zero attached hydrogens (tertiary/aromatic N) is 4. The molecule has 0 bridgehead atoms. The number of rotatable bonds is 3. The maximum Gasteiger partial charge on any atom is 0.241 e. The molecule has 1 aliphatic rings. The summed E-state index contributed by atoms with van der Waals surface area (Å²) < 4.78 is 5.33. The summed E-state index contributed by atoms with van der Waals surface area (Å²) in [5, 5.41) is 4.00. The van der Waals surface area contributed by atoms with E-state index in [4.69, 9.17) is 4.52 Å². The fraction of sp³-hybridized carbons (Fsp3) is 0.500. The van der Waals surface area contributed by atoms with Crippen molar-refractivity contribution < 1.29 is 4.52 Å². The predicted molar refractivity (Wildman–Crippen MR) is 71.3 cm³/mol. The van der Waals surface area contributed by atoms with Crippen molar-refractivity contribution in [2.24, 2.45) is 0 Å². The van der Waals surface area contributed by atoms with Gasteiger partial charge in [0.25, 0.3) is 0 Å². The van der Waals surface area contributed by atoms with E-state index in [9.17, 15) is 0 Å². The fourth-order valence-electron chi connectivity index (χ4n) is 2.48. The summed E-state index contributed by atoms with van der Waals surface area (Å²) in [5.74, 6) is 1.25. The Balaban J connectivity index is 1.71. The van der Waals surface area contributed by atoms with E-state index in [1.54, 1.807) is 6.20 Å². The van der Waals surface area contributed by atoms with Crippen LogP contribution in [0, 0.1) is 0 Å². The average molecular weight is 258 g/mol. The first-order valence-corrected chi connectivity index (χ1v) is 6.81. The highest BCUT2D eigenvalue weighted by Crippen LogP contribution is 2.19. The van der Waals surface area contributed by atoms with Gasteiger partial charge in [-0.2, -0.15) is 4.98 Å². The second kappa shape index (κ2) is 5.48. The van der Waals surface area contributed by atoms with E-state index in [0.717, 1.165) is 18.8 Å². The molecule has 3 rings (SSSR count). The Morgan fingerprint density at radius 2 is 2.32 bits per heavy atom. The molecule has 3 heterocycles. The van der Waals surface area contributed by atoms with Gasteiger partial charge in [0.05, 0.1) is 6.54 Å². The number of aromatic nitrogens is 3. The monoisotopic (exact) mass is 258 g/mol. The summed E-state index contributed by atoms with van der Waals surface area (Å²) in [6.45, 7) is 4.11. The van der Waals surface area contributed by atoms with E-state index < -0.39 is 0 Å². The SMILES string of the molecule is CC1CCCCN1Cc1nc(-c2ccccn2)no1. The minimum atomic E-state index is 0.570. The summed E-state index contributed by atoms with van der Waals surface area (Å²) >= 11 is 0. The molecule has 5 nitrogen and oxygen atoms in total. The van der Waals surface area contributed by atoms with Gasteiger partial charge in [0, 0.05) is 12.2 Å². The van der Waals surface area contributed by atoms with E-state index >= 15 is 0 Å². The van der Waals surface area contributed by atoms with Gasteiger partial charge in [-0.15, -0.1) is 0 Å². The highest BCUT2D eigenvalue weighted by molar-refractivity contribution is 5.46. The van der Waals surface area contributed by atoms with Gasteiger partial charge in [-0.25, -0.2) is 0 Å². The van der Waals surface area contributed by atoms with Crippen LogP contribution in [0.2, 0.25) is 0 Å². The Morgan fingerprint density at radius 1 is 1.37 bits per heavy atom. The standard InChI is InChI=1S/C14H18N4O/c1-11-6-3-5-9-18(11)10-13-16-14(17-19-13)12-7-2-4-8-15-12/h2,4,7-8,11H,3,5-6,9-10H2,1H3. The normalized spacial score (nSPS) is 20.6. The summed E-state index contributed by atoms with van der Waals surface area (Å²) in [7, 11) is 0. The molecule has 1 atom stereocenters. The average Bonchev–Trinajstić information content (AvgIpc) is 2.91. The molecule has 5 heteroatoms. The number of hydrogen-bond donors (Lipinski definition) is 0. The molecule has 1 saturated heterocycles. The van der Waals surface area contributed by atoms with Crippen LogP contribution in [0.25, 0.3) is 11.5 Å². The number of hydrogen-bond acceptors (Lipinski definition) is 5. The molecule has 0 N–H and O–H groups in total. The van der Waals surface area contributed by atoms with E-state index in [1.807, 2.05) is 18.2 Å². The van der Waals surface area contributed by atoms with Gasteiger partial charge in [-0.05, 0) is 38.4 Å². The number of likely N-dealkylation sites (tertiary alicyclic amines) is 1. The zero-order valence-corrected chi connectivity index (χ0v) is 11.1. The van der Waals surface area contributed by atoms with Gasteiger partial charge in [-0.1, -0.05) is 17.6 Å². The molecular weight excluding hydrogens is 240 g/mol. The van der Waals surface area contributed by atoms with Crippen molar-refractivity contribution >= 4 is 0 Å². The molecule has 2 aromatic rings. The fourth-order valence-corrected chi connectivity index (χ4v) is 2.48. The van der Waals surface area contributed by atoms with Crippen LogP contribution >= 0.6 is 0 Å². The molecule has 0 aromatic carbocycles. The Labute approximate surface area is 112 Å².